The van der Waals surface area contributed by atoms with Crippen molar-refractivity contribution in [3.05, 3.63) is 71.8 Å². The minimum atomic E-state index is -0.291. The number of piperidine rings is 1. The Labute approximate surface area is 148 Å². The smallest absolute Gasteiger partial charge is 0.410 e. The Hall–Kier alpha value is -2.62. The second-order valence-electron chi connectivity index (χ2n) is 6.49. The summed E-state index contributed by atoms with van der Waals surface area (Å²) in [5.74, 6) is 0.343. The SMILES string of the molecule is O=C(C[C@@H]1CCCN(C(=O)OCc2ccccc2)C1)c1ccccc1. The molecule has 3 rings (SSSR count). The molecular weight excluding hydrogens is 314 g/mol. The van der Waals surface area contributed by atoms with E-state index in [9.17, 15) is 9.59 Å². The van der Waals surface area contributed by atoms with Gasteiger partial charge in [-0.3, -0.25) is 4.79 Å². The highest BCUT2D eigenvalue weighted by molar-refractivity contribution is 5.96. The van der Waals surface area contributed by atoms with Crippen LogP contribution in [0.15, 0.2) is 60.7 Å². The third-order valence-electron chi connectivity index (χ3n) is 4.55. The Kier molecular flexibility index (Phi) is 5.83. The zero-order valence-corrected chi connectivity index (χ0v) is 14.3. The molecule has 4 nitrogen and oxygen atoms in total. The number of Topliss-reactive ketones (excluding diaryl/α,β-unsaturated/α-hetero) is 1. The molecule has 2 aromatic carbocycles. The summed E-state index contributed by atoms with van der Waals surface area (Å²) in [5, 5.41) is 0. The minimum Gasteiger partial charge on any atom is -0.445 e. The van der Waals surface area contributed by atoms with Crippen molar-refractivity contribution < 1.29 is 14.3 Å². The fraction of sp³-hybridized carbons (Fsp3) is 0.333. The van der Waals surface area contributed by atoms with Crippen LogP contribution in [0.5, 0.6) is 0 Å². The van der Waals surface area contributed by atoms with E-state index >= 15 is 0 Å². The maximum absolute atomic E-state index is 12.4. The number of nitrogens with zero attached hydrogens (tertiary/aromatic N) is 1. The summed E-state index contributed by atoms with van der Waals surface area (Å²) in [6.07, 6.45) is 2.07. The second kappa shape index (κ2) is 8.47. The predicted octanol–water partition coefficient (Wildman–Crippen LogP) is 4.31. The monoisotopic (exact) mass is 337 g/mol. The largest absolute Gasteiger partial charge is 0.445 e. The van der Waals surface area contributed by atoms with Gasteiger partial charge < -0.3 is 9.64 Å². The van der Waals surface area contributed by atoms with E-state index in [4.69, 9.17) is 4.74 Å². The lowest BCUT2D eigenvalue weighted by Crippen LogP contribution is -2.40. The van der Waals surface area contributed by atoms with E-state index in [1.165, 1.54) is 0 Å². The van der Waals surface area contributed by atoms with Crippen molar-refractivity contribution in [1.82, 2.24) is 4.90 Å². The molecule has 0 radical (unpaired) electrons. The van der Waals surface area contributed by atoms with E-state index in [0.717, 1.165) is 24.0 Å². The van der Waals surface area contributed by atoms with Crippen molar-refractivity contribution in [1.29, 1.82) is 0 Å². The highest BCUT2D eigenvalue weighted by Gasteiger charge is 2.26. The van der Waals surface area contributed by atoms with Gasteiger partial charge in [-0.2, -0.15) is 0 Å². The minimum absolute atomic E-state index is 0.144. The third-order valence-corrected chi connectivity index (χ3v) is 4.55. The number of ether oxygens (including phenoxy) is 1. The van der Waals surface area contributed by atoms with Gasteiger partial charge in [-0.25, -0.2) is 4.79 Å². The third kappa shape index (κ3) is 4.92. The van der Waals surface area contributed by atoms with Crippen LogP contribution in [0.3, 0.4) is 0 Å². The molecule has 1 amide bonds. The summed E-state index contributed by atoms with van der Waals surface area (Å²) in [5.41, 5.74) is 1.72. The van der Waals surface area contributed by atoms with Crippen LogP contribution in [0, 0.1) is 5.92 Å². The number of amides is 1. The molecule has 0 aliphatic carbocycles. The molecule has 0 bridgehead atoms. The molecule has 25 heavy (non-hydrogen) atoms. The number of likely N-dealkylation sites (tertiary alicyclic amines) is 1. The Morgan fingerprint density at radius 3 is 2.40 bits per heavy atom. The summed E-state index contributed by atoms with van der Waals surface area (Å²) in [4.78, 5) is 26.4. The Morgan fingerprint density at radius 2 is 1.68 bits per heavy atom. The fourth-order valence-corrected chi connectivity index (χ4v) is 3.21. The van der Waals surface area contributed by atoms with Crippen molar-refractivity contribution in [2.75, 3.05) is 13.1 Å². The molecule has 1 heterocycles. The van der Waals surface area contributed by atoms with Gasteiger partial charge in [-0.1, -0.05) is 60.7 Å². The molecule has 0 aromatic heterocycles. The standard InChI is InChI=1S/C21H23NO3/c23-20(19-11-5-2-6-12-19)14-18-10-7-13-22(15-18)21(24)25-16-17-8-3-1-4-9-17/h1-6,8-9,11-12,18H,7,10,13-16H2/t18-/m0/s1. The molecular formula is C21H23NO3. The Bertz CT molecular complexity index is 700. The zero-order valence-electron chi connectivity index (χ0n) is 14.3. The first kappa shape index (κ1) is 17.2. The van der Waals surface area contributed by atoms with Gasteiger partial charge in [0.2, 0.25) is 0 Å². The fourth-order valence-electron chi connectivity index (χ4n) is 3.21. The van der Waals surface area contributed by atoms with Crippen molar-refractivity contribution in [2.24, 2.45) is 5.92 Å². The number of hydrogen-bond acceptors (Lipinski definition) is 3. The normalized spacial score (nSPS) is 17.1. The first-order valence-electron chi connectivity index (χ1n) is 8.76. The average molecular weight is 337 g/mol. The number of hydrogen-bond donors (Lipinski definition) is 0. The first-order valence-corrected chi connectivity index (χ1v) is 8.76. The van der Waals surface area contributed by atoms with E-state index in [0.29, 0.717) is 19.5 Å². The molecule has 4 heteroatoms. The summed E-state index contributed by atoms with van der Waals surface area (Å²) >= 11 is 0. The van der Waals surface area contributed by atoms with Gasteiger partial charge in [-0.15, -0.1) is 0 Å². The number of carbonyl (C=O) groups excluding carboxylic acids is 2. The molecule has 1 fully saturated rings. The van der Waals surface area contributed by atoms with Crippen molar-refractivity contribution in [3.8, 4) is 0 Å². The second-order valence-corrected chi connectivity index (χ2v) is 6.49. The summed E-state index contributed by atoms with van der Waals surface area (Å²) in [7, 11) is 0. The molecule has 0 spiro atoms. The van der Waals surface area contributed by atoms with E-state index in [2.05, 4.69) is 0 Å². The molecule has 0 N–H and O–H groups in total. The number of ketones is 1. The molecule has 1 aliphatic rings. The first-order chi connectivity index (χ1) is 12.2. The van der Waals surface area contributed by atoms with E-state index in [1.54, 1.807) is 4.90 Å². The summed E-state index contributed by atoms with van der Waals surface area (Å²) in [6.45, 7) is 1.57. The van der Waals surface area contributed by atoms with Crippen LogP contribution in [0.1, 0.15) is 35.2 Å². The van der Waals surface area contributed by atoms with E-state index < -0.39 is 0 Å². The van der Waals surface area contributed by atoms with Crippen molar-refractivity contribution >= 4 is 11.9 Å². The van der Waals surface area contributed by atoms with Gasteiger partial charge in [0, 0.05) is 25.1 Å². The molecule has 1 saturated heterocycles. The number of carbonyl (C=O) groups is 2. The van der Waals surface area contributed by atoms with Gasteiger partial charge in [0.05, 0.1) is 0 Å². The molecule has 1 atom stereocenters. The lowest BCUT2D eigenvalue weighted by atomic mass is 9.91. The summed E-state index contributed by atoms with van der Waals surface area (Å²) in [6, 6.07) is 19.0. The maximum Gasteiger partial charge on any atom is 0.410 e. The van der Waals surface area contributed by atoms with Crippen LogP contribution in [0.4, 0.5) is 4.79 Å². The van der Waals surface area contributed by atoms with Gasteiger partial charge in [0.15, 0.2) is 5.78 Å². The molecule has 1 aliphatic heterocycles. The van der Waals surface area contributed by atoms with Crippen LogP contribution < -0.4 is 0 Å². The predicted molar refractivity (Wildman–Crippen MR) is 96.3 cm³/mol. The summed E-state index contributed by atoms with van der Waals surface area (Å²) < 4.78 is 5.41. The maximum atomic E-state index is 12.4. The highest BCUT2D eigenvalue weighted by Crippen LogP contribution is 2.22. The molecule has 0 unspecified atom stereocenters. The number of benzene rings is 2. The Morgan fingerprint density at radius 1 is 1.00 bits per heavy atom. The average Bonchev–Trinajstić information content (AvgIpc) is 2.68. The van der Waals surface area contributed by atoms with Gasteiger partial charge >= 0.3 is 6.09 Å². The van der Waals surface area contributed by atoms with Crippen LogP contribution in [-0.4, -0.2) is 29.9 Å². The topological polar surface area (TPSA) is 46.6 Å². The van der Waals surface area contributed by atoms with Crippen LogP contribution >= 0.6 is 0 Å². The zero-order chi connectivity index (χ0) is 17.5. The van der Waals surface area contributed by atoms with Gasteiger partial charge in [0.25, 0.3) is 0 Å². The van der Waals surface area contributed by atoms with Crippen LogP contribution in [0.2, 0.25) is 0 Å². The van der Waals surface area contributed by atoms with Gasteiger partial charge in [-0.05, 0) is 24.3 Å². The van der Waals surface area contributed by atoms with E-state index in [-0.39, 0.29) is 24.4 Å². The quantitative estimate of drug-likeness (QED) is 0.764. The number of rotatable bonds is 5. The van der Waals surface area contributed by atoms with Crippen LogP contribution in [0.25, 0.3) is 0 Å². The molecule has 2 aromatic rings. The highest BCUT2D eigenvalue weighted by atomic mass is 16.6. The molecule has 130 valence electrons. The van der Waals surface area contributed by atoms with E-state index in [1.807, 2.05) is 60.7 Å². The van der Waals surface area contributed by atoms with Gasteiger partial charge in [0.1, 0.15) is 6.61 Å². The van der Waals surface area contributed by atoms with Crippen molar-refractivity contribution in [2.45, 2.75) is 25.9 Å². The lowest BCUT2D eigenvalue weighted by Gasteiger charge is -2.31. The van der Waals surface area contributed by atoms with Crippen LogP contribution in [-0.2, 0) is 11.3 Å². The Balaban J connectivity index is 1.50. The van der Waals surface area contributed by atoms with Crippen molar-refractivity contribution in [3.63, 3.8) is 0 Å². The molecule has 0 saturated carbocycles. The lowest BCUT2D eigenvalue weighted by molar-refractivity contribution is 0.0735.